The molecule has 2 aromatic rings. The number of carbonyl (C=O) groups is 2. The molecule has 1 heterocycles. The molecule has 3 rings (SSSR count). The highest BCUT2D eigenvalue weighted by atomic mass is 16.5. The first-order valence-corrected chi connectivity index (χ1v) is 10.3. The van der Waals surface area contributed by atoms with Crippen molar-refractivity contribution >= 4 is 17.5 Å². The van der Waals surface area contributed by atoms with Crippen LogP contribution in [0.15, 0.2) is 48.5 Å². The zero-order valence-corrected chi connectivity index (χ0v) is 17.5. The van der Waals surface area contributed by atoms with Crippen molar-refractivity contribution in [3.8, 4) is 0 Å². The van der Waals surface area contributed by atoms with E-state index in [-0.39, 0.29) is 18.0 Å². The molecule has 0 aliphatic carbocycles. The average molecular weight is 412 g/mol. The summed E-state index contributed by atoms with van der Waals surface area (Å²) in [6, 6.07) is 14.9. The van der Waals surface area contributed by atoms with Gasteiger partial charge in [0.05, 0.1) is 6.61 Å². The minimum atomic E-state index is -0.290. The standard InChI is InChI=1S/C23H29N3O4/c1-3-30-14-7-13-26-21(19-10-4-5-11-20(19)23(26)28)25-18-9-6-8-17(16-18)22(27)24-12-15-29-2/h4-6,8-11,16,21,25H,3,7,12-15H2,1-2H3,(H,24,27)/t21-/m0/s1. The van der Waals surface area contributed by atoms with E-state index in [9.17, 15) is 9.59 Å². The van der Waals surface area contributed by atoms with Crippen molar-refractivity contribution in [2.75, 3.05) is 45.3 Å². The number of hydrogen-bond acceptors (Lipinski definition) is 5. The second kappa shape index (κ2) is 10.8. The Morgan fingerprint density at radius 2 is 1.97 bits per heavy atom. The summed E-state index contributed by atoms with van der Waals surface area (Å²) in [5, 5.41) is 6.26. The molecule has 2 N–H and O–H groups in total. The fraction of sp³-hybridized carbons (Fsp3) is 0.391. The van der Waals surface area contributed by atoms with Gasteiger partial charge >= 0.3 is 0 Å². The molecule has 0 saturated carbocycles. The van der Waals surface area contributed by atoms with Crippen LogP contribution in [0.25, 0.3) is 0 Å². The molecule has 0 bridgehead atoms. The summed E-state index contributed by atoms with van der Waals surface area (Å²) in [6.07, 6.45) is 0.468. The first kappa shape index (κ1) is 21.8. The SMILES string of the molecule is CCOCCCN1C(=O)c2ccccc2[C@H]1Nc1cccc(C(=O)NCCOC)c1. The van der Waals surface area contributed by atoms with Crippen molar-refractivity contribution in [2.24, 2.45) is 0 Å². The molecule has 0 fully saturated rings. The molecule has 2 amide bonds. The number of nitrogens with one attached hydrogen (secondary N) is 2. The highest BCUT2D eigenvalue weighted by molar-refractivity contribution is 5.99. The number of carbonyl (C=O) groups excluding carboxylic acids is 2. The number of ether oxygens (including phenoxy) is 2. The molecule has 160 valence electrons. The third-order valence-corrected chi connectivity index (χ3v) is 4.97. The van der Waals surface area contributed by atoms with Crippen molar-refractivity contribution < 1.29 is 19.1 Å². The van der Waals surface area contributed by atoms with Crippen molar-refractivity contribution in [3.05, 3.63) is 65.2 Å². The number of rotatable bonds is 11. The van der Waals surface area contributed by atoms with Gasteiger partial charge in [0.15, 0.2) is 0 Å². The van der Waals surface area contributed by atoms with Gasteiger partial charge in [0.25, 0.3) is 11.8 Å². The zero-order chi connectivity index (χ0) is 21.3. The first-order valence-electron chi connectivity index (χ1n) is 10.3. The number of nitrogens with zero attached hydrogens (tertiary/aromatic N) is 1. The molecule has 0 unspecified atom stereocenters. The number of hydrogen-bond donors (Lipinski definition) is 2. The molecule has 1 aliphatic rings. The van der Waals surface area contributed by atoms with Gasteiger partial charge in [-0.15, -0.1) is 0 Å². The van der Waals surface area contributed by atoms with Crippen LogP contribution in [-0.2, 0) is 9.47 Å². The third-order valence-electron chi connectivity index (χ3n) is 4.97. The Balaban J connectivity index is 1.76. The van der Waals surface area contributed by atoms with Crippen LogP contribution in [-0.4, -0.2) is 56.7 Å². The fourth-order valence-electron chi connectivity index (χ4n) is 3.51. The third kappa shape index (κ3) is 5.17. The quantitative estimate of drug-likeness (QED) is 0.556. The van der Waals surface area contributed by atoms with Crippen LogP contribution in [0.1, 0.15) is 45.8 Å². The molecule has 2 aromatic carbocycles. The minimum absolute atomic E-state index is 0.00746. The smallest absolute Gasteiger partial charge is 0.256 e. The van der Waals surface area contributed by atoms with Gasteiger partial charge in [0.2, 0.25) is 0 Å². The molecule has 1 aliphatic heterocycles. The van der Waals surface area contributed by atoms with Gasteiger partial charge < -0.3 is 25.0 Å². The Morgan fingerprint density at radius 1 is 1.13 bits per heavy atom. The zero-order valence-electron chi connectivity index (χ0n) is 17.5. The lowest BCUT2D eigenvalue weighted by Crippen LogP contribution is -2.33. The Labute approximate surface area is 177 Å². The molecular formula is C23H29N3O4. The van der Waals surface area contributed by atoms with E-state index in [1.165, 1.54) is 0 Å². The first-order chi connectivity index (χ1) is 14.7. The van der Waals surface area contributed by atoms with Gasteiger partial charge in [-0.1, -0.05) is 24.3 Å². The molecular weight excluding hydrogens is 382 g/mol. The molecule has 0 spiro atoms. The summed E-state index contributed by atoms with van der Waals surface area (Å²) >= 11 is 0. The summed E-state index contributed by atoms with van der Waals surface area (Å²) < 4.78 is 10.4. The fourth-order valence-corrected chi connectivity index (χ4v) is 3.51. The molecule has 0 radical (unpaired) electrons. The van der Waals surface area contributed by atoms with E-state index in [1.807, 2.05) is 48.2 Å². The van der Waals surface area contributed by atoms with E-state index >= 15 is 0 Å². The van der Waals surface area contributed by atoms with E-state index in [1.54, 1.807) is 19.2 Å². The number of fused-ring (bicyclic) bond motifs is 1. The highest BCUT2D eigenvalue weighted by Gasteiger charge is 2.36. The van der Waals surface area contributed by atoms with Crippen molar-refractivity contribution in [3.63, 3.8) is 0 Å². The summed E-state index contributed by atoms with van der Waals surface area (Å²) in [5.41, 5.74) is 2.98. The lowest BCUT2D eigenvalue weighted by Gasteiger charge is -2.27. The summed E-state index contributed by atoms with van der Waals surface area (Å²) in [4.78, 5) is 27.1. The van der Waals surface area contributed by atoms with Crippen molar-refractivity contribution in [2.45, 2.75) is 19.5 Å². The monoisotopic (exact) mass is 411 g/mol. The average Bonchev–Trinajstić information content (AvgIpc) is 3.03. The lowest BCUT2D eigenvalue weighted by atomic mass is 10.1. The van der Waals surface area contributed by atoms with Crippen LogP contribution >= 0.6 is 0 Å². The van der Waals surface area contributed by atoms with Gasteiger partial charge in [0.1, 0.15) is 6.17 Å². The van der Waals surface area contributed by atoms with Gasteiger partial charge in [-0.2, -0.15) is 0 Å². The largest absolute Gasteiger partial charge is 0.383 e. The molecule has 0 saturated heterocycles. The maximum atomic E-state index is 13.0. The second-order valence-corrected chi connectivity index (χ2v) is 7.01. The summed E-state index contributed by atoms with van der Waals surface area (Å²) in [5.74, 6) is -0.153. The van der Waals surface area contributed by atoms with E-state index in [0.717, 1.165) is 17.7 Å². The van der Waals surface area contributed by atoms with Crippen molar-refractivity contribution in [1.29, 1.82) is 0 Å². The molecule has 7 nitrogen and oxygen atoms in total. The Kier molecular flexibility index (Phi) is 7.82. The Morgan fingerprint density at radius 3 is 2.77 bits per heavy atom. The van der Waals surface area contributed by atoms with Gasteiger partial charge in [-0.3, -0.25) is 9.59 Å². The van der Waals surface area contributed by atoms with E-state index in [0.29, 0.717) is 44.0 Å². The summed E-state index contributed by atoms with van der Waals surface area (Å²) in [6.45, 7) is 4.73. The minimum Gasteiger partial charge on any atom is -0.383 e. The topological polar surface area (TPSA) is 79.9 Å². The van der Waals surface area contributed by atoms with Crippen LogP contribution in [0.3, 0.4) is 0 Å². The van der Waals surface area contributed by atoms with Crippen LogP contribution < -0.4 is 10.6 Å². The number of benzene rings is 2. The van der Waals surface area contributed by atoms with Crippen LogP contribution in [0.4, 0.5) is 5.69 Å². The van der Waals surface area contributed by atoms with E-state index < -0.39 is 0 Å². The molecule has 0 aromatic heterocycles. The normalized spacial score (nSPS) is 15.2. The number of amides is 2. The second-order valence-electron chi connectivity index (χ2n) is 7.01. The maximum absolute atomic E-state index is 13.0. The Bertz CT molecular complexity index is 871. The van der Waals surface area contributed by atoms with Gasteiger partial charge in [0, 0.05) is 55.8 Å². The summed E-state index contributed by atoms with van der Waals surface area (Å²) in [7, 11) is 1.59. The predicted octanol–water partition coefficient (Wildman–Crippen LogP) is 3.06. The van der Waals surface area contributed by atoms with E-state index in [2.05, 4.69) is 10.6 Å². The highest BCUT2D eigenvalue weighted by Crippen LogP contribution is 2.34. The van der Waals surface area contributed by atoms with Gasteiger partial charge in [-0.05, 0) is 37.6 Å². The predicted molar refractivity (Wildman–Crippen MR) is 116 cm³/mol. The van der Waals surface area contributed by atoms with Crippen LogP contribution in [0, 0.1) is 0 Å². The Hall–Kier alpha value is -2.90. The van der Waals surface area contributed by atoms with E-state index in [4.69, 9.17) is 9.47 Å². The maximum Gasteiger partial charge on any atom is 0.256 e. The molecule has 7 heteroatoms. The van der Waals surface area contributed by atoms with Gasteiger partial charge in [-0.25, -0.2) is 0 Å². The molecule has 30 heavy (non-hydrogen) atoms. The molecule has 1 atom stereocenters. The van der Waals surface area contributed by atoms with Crippen LogP contribution in [0.5, 0.6) is 0 Å². The number of anilines is 1. The number of methoxy groups -OCH3 is 1. The van der Waals surface area contributed by atoms with Crippen LogP contribution in [0.2, 0.25) is 0 Å². The lowest BCUT2D eigenvalue weighted by molar-refractivity contribution is 0.0708. The van der Waals surface area contributed by atoms with Crippen molar-refractivity contribution in [1.82, 2.24) is 10.2 Å².